The van der Waals surface area contributed by atoms with Crippen molar-refractivity contribution < 1.29 is 4.92 Å². The standard InChI is InChI=1S/C16H13N3O2/c20-19(21)15-11-17-12-18(15)16(13-7-3-1-4-8-13)14-9-5-2-6-10-14/h1-12,16H. The average Bonchev–Trinajstić information content (AvgIpc) is 2.99. The van der Waals surface area contributed by atoms with Crippen LogP contribution < -0.4 is 0 Å². The summed E-state index contributed by atoms with van der Waals surface area (Å²) in [5.41, 5.74) is 1.95. The molecule has 0 saturated heterocycles. The van der Waals surface area contributed by atoms with Crippen LogP contribution in [0.5, 0.6) is 0 Å². The molecule has 0 spiro atoms. The molecule has 2 aromatic carbocycles. The molecule has 0 N–H and O–H groups in total. The Bertz CT molecular complexity index is 699. The maximum absolute atomic E-state index is 11.2. The molecule has 0 saturated carbocycles. The van der Waals surface area contributed by atoms with Crippen molar-refractivity contribution >= 4 is 5.82 Å². The topological polar surface area (TPSA) is 61.0 Å². The molecule has 0 aliphatic carbocycles. The second-order valence-electron chi connectivity index (χ2n) is 4.64. The van der Waals surface area contributed by atoms with E-state index in [0.29, 0.717) is 0 Å². The molecule has 0 radical (unpaired) electrons. The molecule has 1 heterocycles. The minimum absolute atomic E-state index is 0.0206. The van der Waals surface area contributed by atoms with E-state index in [1.54, 1.807) is 4.57 Å². The van der Waals surface area contributed by atoms with E-state index in [9.17, 15) is 10.1 Å². The first kappa shape index (κ1) is 13.1. The van der Waals surface area contributed by atoms with Gasteiger partial charge in [-0.3, -0.25) is 0 Å². The SMILES string of the molecule is O=[N+]([O-])c1cncn1C(c1ccccc1)c1ccccc1. The summed E-state index contributed by atoms with van der Waals surface area (Å²) in [5, 5.41) is 11.2. The van der Waals surface area contributed by atoms with Crippen LogP contribution in [0.4, 0.5) is 5.82 Å². The van der Waals surface area contributed by atoms with Gasteiger partial charge in [-0.1, -0.05) is 60.7 Å². The Morgan fingerprint density at radius 1 is 0.952 bits per heavy atom. The van der Waals surface area contributed by atoms with Gasteiger partial charge in [0, 0.05) is 11.1 Å². The number of hydrogen-bond acceptors (Lipinski definition) is 3. The van der Waals surface area contributed by atoms with Crippen LogP contribution in [0.2, 0.25) is 0 Å². The normalized spacial score (nSPS) is 10.7. The molecule has 0 aliphatic heterocycles. The highest BCUT2D eigenvalue weighted by Gasteiger charge is 2.25. The Balaban J connectivity index is 2.18. The number of hydrogen-bond donors (Lipinski definition) is 0. The van der Waals surface area contributed by atoms with Crippen molar-refractivity contribution in [2.45, 2.75) is 6.04 Å². The number of nitrogens with zero attached hydrogens (tertiary/aromatic N) is 3. The number of imidazole rings is 1. The Hall–Kier alpha value is -2.95. The number of benzene rings is 2. The van der Waals surface area contributed by atoms with Gasteiger partial charge >= 0.3 is 5.82 Å². The lowest BCUT2D eigenvalue weighted by Gasteiger charge is -2.16. The van der Waals surface area contributed by atoms with Crippen LogP contribution in [0.15, 0.2) is 73.2 Å². The predicted molar refractivity (Wildman–Crippen MR) is 79.0 cm³/mol. The largest absolute Gasteiger partial charge is 0.358 e. The molecule has 0 fully saturated rings. The number of rotatable bonds is 4. The first-order chi connectivity index (χ1) is 10.3. The van der Waals surface area contributed by atoms with Gasteiger partial charge in [0.05, 0.1) is 0 Å². The molecule has 5 nitrogen and oxygen atoms in total. The lowest BCUT2D eigenvalue weighted by molar-refractivity contribution is -0.392. The molecule has 0 aliphatic rings. The number of nitro groups is 1. The Morgan fingerprint density at radius 2 is 1.48 bits per heavy atom. The van der Waals surface area contributed by atoms with Crippen LogP contribution in [-0.2, 0) is 0 Å². The molecule has 104 valence electrons. The summed E-state index contributed by atoms with van der Waals surface area (Å²) in [4.78, 5) is 14.7. The second kappa shape index (κ2) is 5.58. The van der Waals surface area contributed by atoms with Gasteiger partial charge in [-0.25, -0.2) is 9.55 Å². The summed E-state index contributed by atoms with van der Waals surface area (Å²) >= 11 is 0. The smallest absolute Gasteiger partial charge is 0.343 e. The minimum Gasteiger partial charge on any atom is -0.358 e. The molecule has 0 atom stereocenters. The van der Waals surface area contributed by atoms with Crippen molar-refractivity contribution in [3.05, 3.63) is 94.4 Å². The van der Waals surface area contributed by atoms with Crippen molar-refractivity contribution in [3.63, 3.8) is 0 Å². The van der Waals surface area contributed by atoms with Crippen molar-refractivity contribution in [3.8, 4) is 0 Å². The number of aromatic nitrogens is 2. The summed E-state index contributed by atoms with van der Waals surface area (Å²) in [5.74, 6) is -0.0206. The fourth-order valence-corrected chi connectivity index (χ4v) is 2.42. The highest BCUT2D eigenvalue weighted by molar-refractivity contribution is 5.35. The summed E-state index contributed by atoms with van der Waals surface area (Å²) in [6, 6.07) is 19.1. The van der Waals surface area contributed by atoms with Crippen molar-refractivity contribution in [2.24, 2.45) is 0 Å². The van der Waals surface area contributed by atoms with Gasteiger partial charge in [0.15, 0.2) is 12.4 Å². The molecule has 0 amide bonds. The lowest BCUT2D eigenvalue weighted by Crippen LogP contribution is -2.13. The van der Waals surface area contributed by atoms with Crippen molar-refractivity contribution in [1.29, 1.82) is 0 Å². The van der Waals surface area contributed by atoms with Crippen LogP contribution in [0.3, 0.4) is 0 Å². The van der Waals surface area contributed by atoms with E-state index in [4.69, 9.17) is 0 Å². The second-order valence-corrected chi connectivity index (χ2v) is 4.64. The quantitative estimate of drug-likeness (QED) is 0.543. The van der Waals surface area contributed by atoms with Gasteiger partial charge in [-0.2, -0.15) is 0 Å². The third kappa shape index (κ3) is 2.53. The molecular formula is C16H13N3O2. The maximum atomic E-state index is 11.2. The van der Waals surface area contributed by atoms with E-state index in [-0.39, 0.29) is 11.9 Å². The third-order valence-corrected chi connectivity index (χ3v) is 3.34. The van der Waals surface area contributed by atoms with Gasteiger partial charge < -0.3 is 10.1 Å². The van der Waals surface area contributed by atoms with E-state index in [0.717, 1.165) is 11.1 Å². The van der Waals surface area contributed by atoms with Crippen LogP contribution in [-0.4, -0.2) is 14.5 Å². The molecular weight excluding hydrogens is 266 g/mol. The zero-order valence-corrected chi connectivity index (χ0v) is 11.2. The fourth-order valence-electron chi connectivity index (χ4n) is 2.42. The first-order valence-electron chi connectivity index (χ1n) is 6.53. The molecule has 5 heteroatoms. The fraction of sp³-hybridized carbons (Fsp3) is 0.0625. The van der Waals surface area contributed by atoms with E-state index in [1.807, 2.05) is 60.7 Å². The van der Waals surface area contributed by atoms with Gasteiger partial charge in [-0.05, 0) is 4.92 Å². The Kier molecular flexibility index (Phi) is 3.47. The first-order valence-corrected chi connectivity index (χ1v) is 6.53. The molecule has 3 aromatic rings. The third-order valence-electron chi connectivity index (χ3n) is 3.34. The van der Waals surface area contributed by atoms with Crippen molar-refractivity contribution in [2.75, 3.05) is 0 Å². The summed E-state index contributed by atoms with van der Waals surface area (Å²) in [7, 11) is 0. The predicted octanol–water partition coefficient (Wildman–Crippen LogP) is 3.43. The van der Waals surface area contributed by atoms with Gasteiger partial charge in [0.25, 0.3) is 0 Å². The Morgan fingerprint density at radius 3 is 1.95 bits per heavy atom. The van der Waals surface area contributed by atoms with E-state index >= 15 is 0 Å². The molecule has 3 rings (SSSR count). The van der Waals surface area contributed by atoms with Gasteiger partial charge in [0.2, 0.25) is 0 Å². The zero-order valence-electron chi connectivity index (χ0n) is 11.2. The van der Waals surface area contributed by atoms with E-state index < -0.39 is 4.92 Å². The molecule has 0 unspecified atom stereocenters. The van der Waals surface area contributed by atoms with Crippen LogP contribution in [0, 0.1) is 10.1 Å². The van der Waals surface area contributed by atoms with Crippen molar-refractivity contribution in [1.82, 2.24) is 9.55 Å². The van der Waals surface area contributed by atoms with Gasteiger partial charge in [-0.15, -0.1) is 0 Å². The highest BCUT2D eigenvalue weighted by atomic mass is 16.6. The van der Waals surface area contributed by atoms with Crippen LogP contribution in [0.25, 0.3) is 0 Å². The summed E-state index contributed by atoms with van der Waals surface area (Å²) in [6.45, 7) is 0. The average molecular weight is 279 g/mol. The highest BCUT2D eigenvalue weighted by Crippen LogP contribution is 2.30. The molecule has 1 aromatic heterocycles. The summed E-state index contributed by atoms with van der Waals surface area (Å²) in [6.07, 6.45) is 2.78. The Labute approximate surface area is 121 Å². The van der Waals surface area contributed by atoms with E-state index in [2.05, 4.69) is 4.98 Å². The summed E-state index contributed by atoms with van der Waals surface area (Å²) < 4.78 is 1.59. The minimum atomic E-state index is -0.411. The van der Waals surface area contributed by atoms with Crippen LogP contribution in [0.1, 0.15) is 17.2 Å². The molecule has 21 heavy (non-hydrogen) atoms. The maximum Gasteiger partial charge on any atom is 0.343 e. The molecule has 0 bridgehead atoms. The lowest BCUT2D eigenvalue weighted by atomic mass is 9.98. The monoisotopic (exact) mass is 279 g/mol. The van der Waals surface area contributed by atoms with Gasteiger partial charge in [0.1, 0.15) is 6.20 Å². The zero-order chi connectivity index (χ0) is 14.7. The van der Waals surface area contributed by atoms with E-state index in [1.165, 1.54) is 12.5 Å². The van der Waals surface area contributed by atoms with Crippen LogP contribution >= 0.6 is 0 Å².